The summed E-state index contributed by atoms with van der Waals surface area (Å²) < 4.78 is 0. The van der Waals surface area contributed by atoms with E-state index in [0.717, 1.165) is 12.3 Å². The van der Waals surface area contributed by atoms with Crippen LogP contribution in [0.2, 0.25) is 0 Å². The number of carbonyl (C=O) groups excluding carboxylic acids is 1. The first-order valence-electron chi connectivity index (χ1n) is 6.22. The molecular formula is C12H15N3O6. The van der Waals surface area contributed by atoms with E-state index in [1.807, 2.05) is 0 Å². The Morgan fingerprint density at radius 3 is 2.71 bits per heavy atom. The molecule has 1 rings (SSSR count). The molecule has 0 spiro atoms. The normalized spacial score (nSPS) is 11.7. The van der Waals surface area contributed by atoms with Gasteiger partial charge in [0.1, 0.15) is 5.56 Å². The van der Waals surface area contributed by atoms with Gasteiger partial charge in [-0.1, -0.05) is 13.3 Å². The Labute approximate surface area is 119 Å². The maximum absolute atomic E-state index is 11.8. The Morgan fingerprint density at radius 2 is 2.19 bits per heavy atom. The summed E-state index contributed by atoms with van der Waals surface area (Å²) in [4.78, 5) is 45.9. The molecule has 1 amide bonds. The van der Waals surface area contributed by atoms with E-state index in [0.29, 0.717) is 6.42 Å². The number of carboxylic acid groups (broad SMARTS) is 1. The molecule has 1 aromatic rings. The van der Waals surface area contributed by atoms with Crippen LogP contribution in [-0.2, 0) is 4.79 Å². The third-order valence-electron chi connectivity index (χ3n) is 2.94. The maximum atomic E-state index is 11.8. The van der Waals surface area contributed by atoms with Gasteiger partial charge in [0, 0.05) is 19.0 Å². The zero-order valence-electron chi connectivity index (χ0n) is 11.3. The fraction of sp³-hybridized carbons (Fsp3) is 0.417. The molecule has 1 unspecified atom stereocenters. The third-order valence-corrected chi connectivity index (χ3v) is 2.94. The van der Waals surface area contributed by atoms with Crippen LogP contribution in [0, 0.1) is 16.0 Å². The summed E-state index contributed by atoms with van der Waals surface area (Å²) in [6.07, 6.45) is 1.33. The lowest BCUT2D eigenvalue weighted by atomic mass is 10.0. The first kappa shape index (κ1) is 16.3. The Morgan fingerprint density at radius 1 is 1.52 bits per heavy atom. The van der Waals surface area contributed by atoms with E-state index in [2.05, 4.69) is 10.3 Å². The van der Waals surface area contributed by atoms with Gasteiger partial charge in [-0.25, -0.2) is 0 Å². The molecule has 114 valence electrons. The molecule has 1 heterocycles. The third kappa shape index (κ3) is 4.71. The number of aromatic nitrogens is 1. The summed E-state index contributed by atoms with van der Waals surface area (Å²) in [6, 6.07) is 0.881. The molecule has 3 N–H and O–H groups in total. The summed E-state index contributed by atoms with van der Waals surface area (Å²) in [6.45, 7) is 1.85. The van der Waals surface area contributed by atoms with Crippen molar-refractivity contribution < 1.29 is 19.6 Å². The van der Waals surface area contributed by atoms with Gasteiger partial charge in [0.05, 0.1) is 11.1 Å². The van der Waals surface area contributed by atoms with E-state index in [9.17, 15) is 24.5 Å². The minimum atomic E-state index is -0.982. The molecule has 9 nitrogen and oxygen atoms in total. The topological polar surface area (TPSA) is 142 Å². The van der Waals surface area contributed by atoms with Gasteiger partial charge >= 0.3 is 5.97 Å². The number of H-pyrrole nitrogens is 1. The number of nitrogens with one attached hydrogen (secondary N) is 2. The van der Waals surface area contributed by atoms with Crippen molar-refractivity contribution in [1.82, 2.24) is 10.3 Å². The highest BCUT2D eigenvalue weighted by molar-refractivity contribution is 5.94. The fourth-order valence-electron chi connectivity index (χ4n) is 1.69. The number of pyridine rings is 1. The SMILES string of the molecule is CCC(CNC(=O)c1cc([N+](=O)[O-])c[nH]c1=O)CC(=O)O. The molecule has 0 saturated heterocycles. The van der Waals surface area contributed by atoms with Crippen LogP contribution < -0.4 is 10.9 Å². The van der Waals surface area contributed by atoms with Crippen molar-refractivity contribution in [2.24, 2.45) is 5.92 Å². The van der Waals surface area contributed by atoms with Crippen molar-refractivity contribution in [3.8, 4) is 0 Å². The number of hydrogen-bond acceptors (Lipinski definition) is 5. The summed E-state index contributed by atoms with van der Waals surface area (Å²) in [5.41, 5.74) is -1.53. The highest BCUT2D eigenvalue weighted by atomic mass is 16.6. The number of nitrogens with zero attached hydrogens (tertiary/aromatic N) is 1. The van der Waals surface area contributed by atoms with Gasteiger partial charge in [0.15, 0.2) is 0 Å². The average molecular weight is 297 g/mol. The molecule has 21 heavy (non-hydrogen) atoms. The molecule has 1 atom stereocenters. The quantitative estimate of drug-likeness (QED) is 0.494. The second kappa shape index (κ2) is 7.17. The Hall–Kier alpha value is -2.71. The molecule has 0 aliphatic heterocycles. The van der Waals surface area contributed by atoms with E-state index in [-0.39, 0.29) is 24.4 Å². The zero-order chi connectivity index (χ0) is 16.0. The summed E-state index contributed by atoms with van der Waals surface area (Å²) in [5, 5.41) is 21.7. The lowest BCUT2D eigenvalue weighted by Gasteiger charge is -2.13. The first-order valence-corrected chi connectivity index (χ1v) is 6.22. The van der Waals surface area contributed by atoms with Crippen molar-refractivity contribution >= 4 is 17.6 Å². The highest BCUT2D eigenvalue weighted by Crippen LogP contribution is 2.09. The number of nitro groups is 1. The fourth-order valence-corrected chi connectivity index (χ4v) is 1.69. The number of rotatable bonds is 7. The minimum Gasteiger partial charge on any atom is -0.481 e. The van der Waals surface area contributed by atoms with Gasteiger partial charge in [-0.05, 0) is 5.92 Å². The average Bonchev–Trinajstić information content (AvgIpc) is 2.42. The molecule has 1 aromatic heterocycles. The van der Waals surface area contributed by atoms with Crippen LogP contribution in [-0.4, -0.2) is 33.4 Å². The van der Waals surface area contributed by atoms with Crippen LogP contribution in [0.4, 0.5) is 5.69 Å². The molecule has 9 heteroatoms. The van der Waals surface area contributed by atoms with Crippen LogP contribution in [0.5, 0.6) is 0 Å². The summed E-state index contributed by atoms with van der Waals surface area (Å²) in [5.74, 6) is -2.03. The Balaban J connectivity index is 2.80. The molecule has 0 bridgehead atoms. The lowest BCUT2D eigenvalue weighted by molar-refractivity contribution is -0.385. The van der Waals surface area contributed by atoms with Gasteiger partial charge in [0.2, 0.25) is 0 Å². The monoisotopic (exact) mass is 297 g/mol. The molecule has 0 aliphatic rings. The first-order chi connectivity index (χ1) is 9.85. The smallest absolute Gasteiger partial charge is 0.303 e. The second-order valence-electron chi connectivity index (χ2n) is 4.44. The molecule has 0 aromatic carbocycles. The number of carbonyl (C=O) groups is 2. The van der Waals surface area contributed by atoms with E-state index in [1.165, 1.54) is 0 Å². The van der Waals surface area contributed by atoms with Crippen LogP contribution in [0.25, 0.3) is 0 Å². The molecular weight excluding hydrogens is 282 g/mol. The van der Waals surface area contributed by atoms with E-state index in [4.69, 9.17) is 5.11 Å². The predicted molar refractivity (Wildman–Crippen MR) is 72.1 cm³/mol. The van der Waals surface area contributed by atoms with Crippen molar-refractivity contribution in [2.45, 2.75) is 19.8 Å². The van der Waals surface area contributed by atoms with E-state index >= 15 is 0 Å². The van der Waals surface area contributed by atoms with Crippen molar-refractivity contribution in [2.75, 3.05) is 6.54 Å². The summed E-state index contributed by atoms with van der Waals surface area (Å²) >= 11 is 0. The van der Waals surface area contributed by atoms with Gasteiger partial charge in [-0.15, -0.1) is 0 Å². The molecule has 0 fully saturated rings. The van der Waals surface area contributed by atoms with Crippen LogP contribution in [0.1, 0.15) is 30.1 Å². The van der Waals surface area contributed by atoms with Gasteiger partial charge in [-0.3, -0.25) is 24.5 Å². The number of aliphatic carboxylic acids is 1. The van der Waals surface area contributed by atoms with Crippen molar-refractivity contribution in [1.29, 1.82) is 0 Å². The van der Waals surface area contributed by atoms with Gasteiger partial charge < -0.3 is 15.4 Å². The number of carboxylic acids is 1. The van der Waals surface area contributed by atoms with Crippen LogP contribution >= 0.6 is 0 Å². The van der Waals surface area contributed by atoms with Gasteiger partial charge in [-0.2, -0.15) is 0 Å². The van der Waals surface area contributed by atoms with Crippen molar-refractivity contribution in [3.05, 3.63) is 38.3 Å². The maximum Gasteiger partial charge on any atom is 0.303 e. The number of aromatic amines is 1. The minimum absolute atomic E-state index is 0.0732. The van der Waals surface area contributed by atoms with Gasteiger partial charge in [0.25, 0.3) is 17.2 Å². The largest absolute Gasteiger partial charge is 0.481 e. The van der Waals surface area contributed by atoms with Crippen LogP contribution in [0.15, 0.2) is 17.1 Å². The van der Waals surface area contributed by atoms with Crippen molar-refractivity contribution in [3.63, 3.8) is 0 Å². The standard InChI is InChI=1S/C12H15N3O6/c1-2-7(3-10(16)17)5-13-11(18)9-4-8(15(20)21)6-14-12(9)19/h4,6-7H,2-3,5H2,1H3,(H,13,18)(H,14,19)(H,16,17). The van der Waals surface area contributed by atoms with E-state index < -0.39 is 28.0 Å². The zero-order valence-corrected chi connectivity index (χ0v) is 11.3. The number of amides is 1. The Kier molecular flexibility index (Phi) is 5.58. The van der Waals surface area contributed by atoms with E-state index in [1.54, 1.807) is 6.92 Å². The molecule has 0 saturated carbocycles. The second-order valence-corrected chi connectivity index (χ2v) is 4.44. The lowest BCUT2D eigenvalue weighted by Crippen LogP contribution is -2.33. The highest BCUT2D eigenvalue weighted by Gasteiger charge is 2.18. The number of hydrogen-bond donors (Lipinski definition) is 3. The summed E-state index contributed by atoms with van der Waals surface area (Å²) in [7, 11) is 0. The molecule has 0 aliphatic carbocycles. The predicted octanol–water partition coefficient (Wildman–Crippen LogP) is 0.514. The Bertz CT molecular complexity index is 609. The molecule has 0 radical (unpaired) electrons. The van der Waals surface area contributed by atoms with Crippen LogP contribution in [0.3, 0.4) is 0 Å².